The van der Waals surface area contributed by atoms with Gasteiger partial charge < -0.3 is 9.30 Å². The lowest BCUT2D eigenvalue weighted by Gasteiger charge is -2.26. The van der Waals surface area contributed by atoms with Crippen molar-refractivity contribution >= 4 is 28.2 Å². The van der Waals surface area contributed by atoms with E-state index in [9.17, 15) is 0 Å². The molecular weight excluding hydrogens is 761 g/mol. The molecule has 2 heterocycles. The van der Waals surface area contributed by atoms with Crippen LogP contribution in [0.3, 0.4) is 0 Å². The van der Waals surface area contributed by atoms with Crippen LogP contribution >= 0.6 is 0 Å². The van der Waals surface area contributed by atoms with Crippen LogP contribution in [0.1, 0.15) is 12.5 Å². The van der Waals surface area contributed by atoms with Crippen molar-refractivity contribution in [3.8, 4) is 66.9 Å². The Balaban J connectivity index is 1.02. The van der Waals surface area contributed by atoms with Crippen molar-refractivity contribution in [2.45, 2.75) is 6.92 Å². The number of fused-ring (bicyclic) bond motifs is 1. The largest absolute Gasteiger partial charge is 0.315 e. The predicted molar refractivity (Wildman–Crippen MR) is 269 cm³/mol. The van der Waals surface area contributed by atoms with Gasteiger partial charge in [0.1, 0.15) is 0 Å². The molecule has 0 atom stereocenters. The van der Waals surface area contributed by atoms with Crippen LogP contribution in [0.15, 0.2) is 255 Å². The summed E-state index contributed by atoms with van der Waals surface area (Å²) in [5.41, 5.74) is 21.0. The molecule has 2 aromatic heterocycles. The third-order valence-electron chi connectivity index (χ3n) is 12.0. The van der Waals surface area contributed by atoms with Crippen LogP contribution in [0, 0.1) is 0 Å². The number of rotatable bonds is 11. The quantitative estimate of drug-likeness (QED) is 0.118. The average Bonchev–Trinajstić information content (AvgIpc) is 3.71. The van der Waals surface area contributed by atoms with Crippen LogP contribution in [-0.4, -0.2) is 4.40 Å². The van der Waals surface area contributed by atoms with E-state index in [1.807, 2.05) is 13.0 Å². The maximum absolute atomic E-state index is 4.02. The molecule has 0 aliphatic carbocycles. The van der Waals surface area contributed by atoms with Gasteiger partial charge in [-0.2, -0.15) is 0 Å². The lowest BCUT2D eigenvalue weighted by atomic mass is 9.92. The second-order valence-electron chi connectivity index (χ2n) is 15.7. The minimum atomic E-state index is 1.08. The fraction of sp³-hybridized carbons (Fsp3) is 0.0164. The van der Waals surface area contributed by atoms with Crippen molar-refractivity contribution in [2.75, 3.05) is 4.90 Å². The van der Waals surface area contributed by atoms with Crippen molar-refractivity contribution in [2.24, 2.45) is 0 Å². The summed E-state index contributed by atoms with van der Waals surface area (Å²) in [5, 5.41) is 0. The second kappa shape index (κ2) is 17.4. The Morgan fingerprint density at radius 2 is 0.746 bits per heavy atom. The van der Waals surface area contributed by atoms with Gasteiger partial charge in [-0.3, -0.25) is 0 Å². The normalized spacial score (nSPS) is 11.4. The van der Waals surface area contributed by atoms with Gasteiger partial charge in [-0.1, -0.05) is 201 Å². The van der Waals surface area contributed by atoms with Crippen LogP contribution in [-0.2, 0) is 0 Å². The van der Waals surface area contributed by atoms with E-state index in [4.69, 9.17) is 0 Å². The Kier molecular flexibility index (Phi) is 10.8. The Hall–Kier alpha value is -8.20. The Bertz CT molecular complexity index is 3160. The smallest absolute Gasteiger partial charge is 0.0613 e. The van der Waals surface area contributed by atoms with Gasteiger partial charge in [-0.05, 0) is 117 Å². The zero-order valence-corrected chi connectivity index (χ0v) is 35.3. The number of aromatic nitrogens is 1. The van der Waals surface area contributed by atoms with Crippen LogP contribution in [0.5, 0.6) is 0 Å². The van der Waals surface area contributed by atoms with E-state index in [1.165, 1.54) is 55.7 Å². The molecule has 0 spiro atoms. The molecule has 0 unspecified atom stereocenters. The molecule has 0 amide bonds. The molecule has 0 bridgehead atoms. The molecule has 2 nitrogen and oxygen atoms in total. The lowest BCUT2D eigenvalue weighted by molar-refractivity contribution is 1.20. The Labute approximate surface area is 370 Å². The highest BCUT2D eigenvalue weighted by atomic mass is 15.1. The molecule has 0 saturated heterocycles. The summed E-state index contributed by atoms with van der Waals surface area (Å²) >= 11 is 0. The van der Waals surface area contributed by atoms with E-state index < -0.39 is 0 Å². The number of pyridine rings is 1. The molecular formula is C61H46N2. The zero-order chi connectivity index (χ0) is 42.5. The minimum Gasteiger partial charge on any atom is -0.315 e. The van der Waals surface area contributed by atoms with Gasteiger partial charge in [0.15, 0.2) is 0 Å². The Morgan fingerprint density at radius 3 is 1.21 bits per heavy atom. The van der Waals surface area contributed by atoms with Gasteiger partial charge in [-0.15, -0.1) is 0 Å². The number of anilines is 3. The van der Waals surface area contributed by atoms with E-state index >= 15 is 0 Å². The lowest BCUT2D eigenvalue weighted by Crippen LogP contribution is -2.09. The van der Waals surface area contributed by atoms with Gasteiger partial charge in [0.2, 0.25) is 0 Å². The highest BCUT2D eigenvalue weighted by molar-refractivity contribution is 6.03. The van der Waals surface area contributed by atoms with Gasteiger partial charge >= 0.3 is 0 Å². The van der Waals surface area contributed by atoms with Gasteiger partial charge in [0.05, 0.1) is 11.2 Å². The van der Waals surface area contributed by atoms with Crippen molar-refractivity contribution in [1.29, 1.82) is 0 Å². The van der Waals surface area contributed by atoms with Crippen molar-refractivity contribution in [3.63, 3.8) is 0 Å². The number of hydrogen-bond acceptors (Lipinski definition) is 1. The van der Waals surface area contributed by atoms with Crippen molar-refractivity contribution in [3.05, 3.63) is 261 Å². The molecule has 0 aliphatic rings. The summed E-state index contributed by atoms with van der Waals surface area (Å²) in [4.78, 5) is 2.32. The minimum absolute atomic E-state index is 1.08. The van der Waals surface area contributed by atoms with E-state index in [0.717, 1.165) is 44.9 Å². The van der Waals surface area contributed by atoms with Crippen LogP contribution in [0.25, 0.3) is 78.0 Å². The predicted octanol–water partition coefficient (Wildman–Crippen LogP) is 17.0. The molecule has 2 heteroatoms. The SMILES string of the molecule is C=C/C(=C\C)c1ccc(N(c2ccc(-c3ccccc3)cc2)c2ccc(-c3ccc(-c4c(-c5ccc(-c6ccccc6)cc5)c(-c5ccccc5)c5ccccn45)cc3)cc2)cc1. The number of nitrogens with zero attached hydrogens (tertiary/aromatic N) is 2. The molecule has 10 rings (SSSR count). The van der Waals surface area contributed by atoms with E-state index in [2.05, 4.69) is 259 Å². The maximum Gasteiger partial charge on any atom is 0.0613 e. The molecule has 63 heavy (non-hydrogen) atoms. The molecule has 0 radical (unpaired) electrons. The van der Waals surface area contributed by atoms with Gasteiger partial charge in [0, 0.05) is 34.4 Å². The number of hydrogen-bond donors (Lipinski definition) is 0. The van der Waals surface area contributed by atoms with Crippen LogP contribution in [0.4, 0.5) is 17.1 Å². The zero-order valence-electron chi connectivity index (χ0n) is 35.3. The van der Waals surface area contributed by atoms with E-state index in [1.54, 1.807) is 0 Å². The topological polar surface area (TPSA) is 7.65 Å². The number of allylic oxidation sites excluding steroid dienone is 3. The monoisotopic (exact) mass is 806 g/mol. The van der Waals surface area contributed by atoms with Gasteiger partial charge in [-0.25, -0.2) is 0 Å². The third kappa shape index (κ3) is 7.71. The molecule has 8 aromatic carbocycles. The summed E-state index contributed by atoms with van der Waals surface area (Å²) in [7, 11) is 0. The first kappa shape index (κ1) is 39.0. The Morgan fingerprint density at radius 1 is 0.381 bits per heavy atom. The van der Waals surface area contributed by atoms with E-state index in [0.29, 0.717) is 0 Å². The fourth-order valence-electron chi connectivity index (χ4n) is 8.84. The third-order valence-corrected chi connectivity index (χ3v) is 12.0. The summed E-state index contributed by atoms with van der Waals surface area (Å²) in [6.45, 7) is 6.07. The van der Waals surface area contributed by atoms with Crippen molar-refractivity contribution in [1.82, 2.24) is 4.40 Å². The highest BCUT2D eigenvalue weighted by Gasteiger charge is 2.22. The number of benzene rings is 8. The molecule has 10 aromatic rings. The summed E-state index contributed by atoms with van der Waals surface area (Å²) in [6.07, 6.45) is 6.20. The molecule has 0 saturated carbocycles. The summed E-state index contributed by atoms with van der Waals surface area (Å²) in [6, 6.07) is 83.0. The fourth-order valence-corrected chi connectivity index (χ4v) is 8.84. The summed E-state index contributed by atoms with van der Waals surface area (Å²) < 4.78 is 2.36. The average molecular weight is 807 g/mol. The second-order valence-corrected chi connectivity index (χ2v) is 15.7. The van der Waals surface area contributed by atoms with Gasteiger partial charge in [0.25, 0.3) is 0 Å². The standard InChI is InChI=1S/C61H46N2/c1-3-44(4-2)47-31-37-55(38-32-47)63(56-39-33-50(34-40-56)46-18-10-6-11-19-46)57-41-35-51(36-42-57)49-25-29-54(30-26-49)61-60(53-27-23-48(24-28-53)45-16-8-5-9-17-45)59(52-20-12-7-13-21-52)58-22-14-15-43-62(58)61/h3-43H,1H2,2H3/b44-4+. The first-order valence-electron chi connectivity index (χ1n) is 21.6. The summed E-state index contributed by atoms with van der Waals surface area (Å²) in [5.74, 6) is 0. The molecule has 0 N–H and O–H groups in total. The maximum atomic E-state index is 4.02. The van der Waals surface area contributed by atoms with Crippen LogP contribution in [0.2, 0.25) is 0 Å². The van der Waals surface area contributed by atoms with E-state index in [-0.39, 0.29) is 0 Å². The molecule has 0 aliphatic heterocycles. The highest BCUT2D eigenvalue weighted by Crippen LogP contribution is 2.46. The first-order chi connectivity index (χ1) is 31.2. The first-order valence-corrected chi connectivity index (χ1v) is 21.6. The molecule has 0 fully saturated rings. The molecule has 300 valence electrons. The van der Waals surface area contributed by atoms with Crippen molar-refractivity contribution < 1.29 is 0 Å². The van der Waals surface area contributed by atoms with Crippen LogP contribution < -0.4 is 4.90 Å².